The fraction of sp³-hybridized carbons (Fsp3) is 0.417. The van der Waals surface area contributed by atoms with Crippen LogP contribution in [0.2, 0.25) is 0 Å². The van der Waals surface area contributed by atoms with Gasteiger partial charge in [-0.1, -0.05) is 6.07 Å². The fourth-order valence-corrected chi connectivity index (χ4v) is 4.28. The molecule has 0 saturated carbocycles. The molecule has 0 amide bonds. The number of nitrogens with zero attached hydrogens (tertiary/aromatic N) is 1. The van der Waals surface area contributed by atoms with Crippen molar-refractivity contribution in [3.8, 4) is 0 Å². The highest BCUT2D eigenvalue weighted by Gasteiger charge is 2.35. The summed E-state index contributed by atoms with van der Waals surface area (Å²) in [7, 11) is -3.58. The van der Waals surface area contributed by atoms with E-state index in [-0.39, 0.29) is 18.0 Å². The minimum absolute atomic E-state index is 0.0577. The molecule has 19 heavy (non-hydrogen) atoms. The van der Waals surface area contributed by atoms with E-state index in [0.29, 0.717) is 6.42 Å². The van der Waals surface area contributed by atoms with E-state index in [1.54, 1.807) is 18.2 Å². The Hall–Kier alpha value is -0.670. The first-order valence-corrected chi connectivity index (χ1v) is 8.33. The topological polar surface area (TPSA) is 74.7 Å². The van der Waals surface area contributed by atoms with Crippen LogP contribution in [-0.4, -0.2) is 36.9 Å². The highest BCUT2D eigenvalue weighted by Crippen LogP contribution is 2.26. The second-order valence-electron chi connectivity index (χ2n) is 4.60. The molecule has 7 heteroatoms. The van der Waals surface area contributed by atoms with Gasteiger partial charge in [0.15, 0.2) is 0 Å². The van der Waals surface area contributed by atoms with Crippen molar-refractivity contribution >= 4 is 38.6 Å². The SMILES string of the molecule is Cc1ccc(S(=O)(=O)N2CCC(C(=O)O)C2)cc1I. The third kappa shape index (κ3) is 2.92. The Balaban J connectivity index is 2.28. The lowest BCUT2D eigenvalue weighted by Gasteiger charge is -2.16. The molecule has 1 saturated heterocycles. The van der Waals surface area contributed by atoms with Crippen molar-refractivity contribution in [3.05, 3.63) is 27.3 Å². The number of sulfonamides is 1. The highest BCUT2D eigenvalue weighted by atomic mass is 127. The normalized spacial score (nSPS) is 20.6. The van der Waals surface area contributed by atoms with Crippen molar-refractivity contribution in [2.24, 2.45) is 5.92 Å². The first-order chi connectivity index (χ1) is 8.82. The zero-order valence-corrected chi connectivity index (χ0v) is 13.3. The second kappa shape index (κ2) is 5.37. The van der Waals surface area contributed by atoms with Crippen LogP contribution in [-0.2, 0) is 14.8 Å². The van der Waals surface area contributed by atoms with Crippen molar-refractivity contribution in [3.63, 3.8) is 0 Å². The summed E-state index contributed by atoms with van der Waals surface area (Å²) in [6, 6.07) is 4.96. The molecule has 1 aromatic rings. The largest absolute Gasteiger partial charge is 0.481 e. The number of hydrogen-bond donors (Lipinski definition) is 1. The van der Waals surface area contributed by atoms with E-state index in [9.17, 15) is 13.2 Å². The van der Waals surface area contributed by atoms with Crippen LogP contribution in [0, 0.1) is 16.4 Å². The maximum absolute atomic E-state index is 12.4. The molecule has 2 rings (SSSR count). The molecule has 5 nitrogen and oxygen atoms in total. The number of benzene rings is 1. The van der Waals surface area contributed by atoms with Gasteiger partial charge >= 0.3 is 5.97 Å². The molecule has 1 N–H and O–H groups in total. The quantitative estimate of drug-likeness (QED) is 0.791. The Labute approximate surface area is 125 Å². The van der Waals surface area contributed by atoms with Crippen molar-refractivity contribution < 1.29 is 18.3 Å². The van der Waals surface area contributed by atoms with Gasteiger partial charge in [0.2, 0.25) is 10.0 Å². The summed E-state index contributed by atoms with van der Waals surface area (Å²) in [6.45, 7) is 2.24. The molecular formula is C12H14INO4S. The Kier molecular flexibility index (Phi) is 4.17. The van der Waals surface area contributed by atoms with E-state index in [4.69, 9.17) is 5.11 Å². The minimum atomic E-state index is -3.58. The fourth-order valence-electron chi connectivity index (χ4n) is 2.03. The van der Waals surface area contributed by atoms with Gasteiger partial charge in [-0.15, -0.1) is 0 Å². The molecular weight excluding hydrogens is 381 g/mol. The lowest BCUT2D eigenvalue weighted by molar-refractivity contribution is -0.141. The van der Waals surface area contributed by atoms with Crippen LogP contribution >= 0.6 is 22.6 Å². The van der Waals surface area contributed by atoms with E-state index in [1.807, 2.05) is 6.92 Å². The second-order valence-corrected chi connectivity index (χ2v) is 7.70. The van der Waals surface area contributed by atoms with Crippen LogP contribution in [0.25, 0.3) is 0 Å². The van der Waals surface area contributed by atoms with Gasteiger partial charge in [-0.2, -0.15) is 4.31 Å². The third-order valence-electron chi connectivity index (χ3n) is 3.28. The molecule has 1 atom stereocenters. The lowest BCUT2D eigenvalue weighted by Crippen LogP contribution is -2.30. The Bertz CT molecular complexity index is 614. The molecule has 0 radical (unpaired) electrons. The van der Waals surface area contributed by atoms with Gasteiger partial charge < -0.3 is 5.11 Å². The molecule has 0 aliphatic carbocycles. The Morgan fingerprint density at radius 3 is 2.68 bits per heavy atom. The molecule has 1 heterocycles. The molecule has 0 aromatic heterocycles. The van der Waals surface area contributed by atoms with Gasteiger partial charge in [-0.3, -0.25) is 4.79 Å². The monoisotopic (exact) mass is 395 g/mol. The molecule has 1 aliphatic rings. The summed E-state index contributed by atoms with van der Waals surface area (Å²) in [4.78, 5) is 11.1. The molecule has 1 aliphatic heterocycles. The number of carboxylic acid groups (broad SMARTS) is 1. The summed E-state index contributed by atoms with van der Waals surface area (Å²) in [5, 5.41) is 8.93. The van der Waals surface area contributed by atoms with Crippen molar-refractivity contribution in [1.82, 2.24) is 4.31 Å². The number of aryl methyl sites for hydroxylation is 1. The number of aliphatic carboxylic acids is 1. The molecule has 0 bridgehead atoms. The van der Waals surface area contributed by atoms with Crippen LogP contribution in [0.4, 0.5) is 0 Å². The van der Waals surface area contributed by atoms with E-state index in [0.717, 1.165) is 9.13 Å². The van der Waals surface area contributed by atoms with Gasteiger partial charge in [0, 0.05) is 16.7 Å². The maximum Gasteiger partial charge on any atom is 0.307 e. The Morgan fingerprint density at radius 2 is 2.16 bits per heavy atom. The van der Waals surface area contributed by atoms with E-state index >= 15 is 0 Å². The lowest BCUT2D eigenvalue weighted by atomic mass is 10.1. The number of carboxylic acids is 1. The highest BCUT2D eigenvalue weighted by molar-refractivity contribution is 14.1. The number of rotatable bonds is 3. The smallest absolute Gasteiger partial charge is 0.307 e. The number of halogens is 1. The van der Waals surface area contributed by atoms with E-state index < -0.39 is 21.9 Å². The van der Waals surface area contributed by atoms with Crippen molar-refractivity contribution in [2.45, 2.75) is 18.2 Å². The van der Waals surface area contributed by atoms with Gasteiger partial charge in [0.05, 0.1) is 10.8 Å². The van der Waals surface area contributed by atoms with Crippen LogP contribution in [0.3, 0.4) is 0 Å². The summed E-state index contributed by atoms with van der Waals surface area (Å²) >= 11 is 2.09. The van der Waals surface area contributed by atoms with E-state index in [2.05, 4.69) is 22.6 Å². The summed E-state index contributed by atoms with van der Waals surface area (Å²) < 4.78 is 26.9. The summed E-state index contributed by atoms with van der Waals surface area (Å²) in [5.74, 6) is -1.53. The standard InChI is InChI=1S/C12H14INO4S/c1-8-2-3-10(6-11(8)13)19(17,18)14-5-4-9(7-14)12(15)16/h2-3,6,9H,4-5,7H2,1H3,(H,15,16). The zero-order valence-electron chi connectivity index (χ0n) is 10.3. The molecule has 104 valence electrons. The minimum Gasteiger partial charge on any atom is -0.481 e. The third-order valence-corrected chi connectivity index (χ3v) is 6.30. The van der Waals surface area contributed by atoms with Gasteiger partial charge in [-0.05, 0) is 53.6 Å². The zero-order chi connectivity index (χ0) is 14.2. The van der Waals surface area contributed by atoms with Gasteiger partial charge in [0.1, 0.15) is 0 Å². The molecule has 1 unspecified atom stereocenters. The predicted molar refractivity (Wildman–Crippen MR) is 78.4 cm³/mol. The van der Waals surface area contributed by atoms with E-state index in [1.165, 1.54) is 4.31 Å². The van der Waals surface area contributed by atoms with Crippen molar-refractivity contribution in [1.29, 1.82) is 0 Å². The maximum atomic E-state index is 12.4. The molecule has 1 fully saturated rings. The average Bonchev–Trinajstić information content (AvgIpc) is 2.82. The predicted octanol–water partition coefficient (Wildman–Crippen LogP) is 1.69. The first kappa shape index (κ1) is 14.7. The summed E-state index contributed by atoms with van der Waals surface area (Å²) in [5.41, 5.74) is 1.02. The van der Waals surface area contributed by atoms with Crippen molar-refractivity contribution in [2.75, 3.05) is 13.1 Å². The average molecular weight is 395 g/mol. The van der Waals surface area contributed by atoms with Crippen LogP contribution in [0.5, 0.6) is 0 Å². The first-order valence-electron chi connectivity index (χ1n) is 5.81. The van der Waals surface area contributed by atoms with Crippen LogP contribution in [0.15, 0.2) is 23.1 Å². The van der Waals surface area contributed by atoms with Gasteiger partial charge in [0.25, 0.3) is 0 Å². The molecule has 1 aromatic carbocycles. The number of hydrogen-bond acceptors (Lipinski definition) is 3. The molecule has 0 spiro atoms. The summed E-state index contributed by atoms with van der Waals surface area (Å²) in [6.07, 6.45) is 0.373. The van der Waals surface area contributed by atoms with Crippen LogP contribution in [0.1, 0.15) is 12.0 Å². The van der Waals surface area contributed by atoms with Gasteiger partial charge in [-0.25, -0.2) is 8.42 Å². The Morgan fingerprint density at radius 1 is 1.47 bits per heavy atom. The van der Waals surface area contributed by atoms with Crippen LogP contribution < -0.4 is 0 Å². The number of carbonyl (C=O) groups is 1.